The highest BCUT2D eigenvalue weighted by Crippen LogP contribution is 2.41. The van der Waals surface area contributed by atoms with Crippen molar-refractivity contribution in [3.63, 3.8) is 0 Å². The van der Waals surface area contributed by atoms with Crippen LogP contribution in [0.3, 0.4) is 0 Å². The second-order valence-corrected chi connectivity index (χ2v) is 16.7. The Hall–Kier alpha value is -5.16. The number of nitriles is 1. The van der Waals surface area contributed by atoms with Crippen LogP contribution in [0.2, 0.25) is 5.02 Å². The first-order chi connectivity index (χ1) is 27.6. The summed E-state index contributed by atoms with van der Waals surface area (Å²) in [6, 6.07) is 20.5. The average Bonchev–Trinajstić information content (AvgIpc) is 3.60. The fraction of sp³-hybridized carbons (Fsp3) is 0.465. The van der Waals surface area contributed by atoms with Crippen LogP contribution in [0, 0.1) is 23.2 Å². The molecule has 4 unspecified atom stereocenters. The van der Waals surface area contributed by atoms with Crippen molar-refractivity contribution in [3.8, 4) is 11.8 Å². The fourth-order valence-corrected chi connectivity index (χ4v) is 10.2. The topological polar surface area (TPSA) is 150 Å². The van der Waals surface area contributed by atoms with Crippen LogP contribution in [-0.4, -0.2) is 114 Å². The Bertz CT molecular complexity index is 2110. The minimum absolute atomic E-state index is 0.0285. The van der Waals surface area contributed by atoms with Crippen LogP contribution in [0.25, 0.3) is 0 Å². The van der Waals surface area contributed by atoms with E-state index in [4.69, 9.17) is 16.3 Å². The highest BCUT2D eigenvalue weighted by molar-refractivity contribution is 6.31. The van der Waals surface area contributed by atoms with Gasteiger partial charge < -0.3 is 24.5 Å². The molecule has 5 heterocycles. The molecule has 6 aliphatic rings. The van der Waals surface area contributed by atoms with E-state index in [9.17, 15) is 29.5 Å². The first-order valence-corrected chi connectivity index (χ1v) is 20.5. The van der Waals surface area contributed by atoms with Gasteiger partial charge in [0.2, 0.25) is 11.8 Å². The summed E-state index contributed by atoms with van der Waals surface area (Å²) >= 11 is 6.24. The maximum atomic E-state index is 13.7. The monoisotopic (exact) mass is 791 g/mol. The van der Waals surface area contributed by atoms with Gasteiger partial charge in [-0.2, -0.15) is 5.26 Å². The number of aliphatic hydroxyl groups is 1. The summed E-state index contributed by atoms with van der Waals surface area (Å²) in [5, 5.41) is 22.8. The number of carbonyl (C=O) groups excluding carboxylic acids is 4. The lowest BCUT2D eigenvalue weighted by Crippen LogP contribution is -2.53. The SMILES string of the molecule is N#Cc1ccc(OC2C3CCC2CN(C(=O)c2ccc(N4CCN(C5CCN(c6ccc7c(c6)C(=O)N(C6CCC(=O)NC6=O)C7O)CC5)CC4)cc2)C3)cc1Cl. The zero-order valence-corrected chi connectivity index (χ0v) is 32.4. The van der Waals surface area contributed by atoms with Gasteiger partial charge in [-0.1, -0.05) is 17.7 Å². The summed E-state index contributed by atoms with van der Waals surface area (Å²) < 4.78 is 6.37. The number of rotatable bonds is 7. The lowest BCUT2D eigenvalue weighted by molar-refractivity contribution is -0.139. The number of likely N-dealkylation sites (tertiary alicyclic amines) is 1. The van der Waals surface area contributed by atoms with Gasteiger partial charge in [-0.3, -0.25) is 34.3 Å². The molecule has 2 bridgehead atoms. The van der Waals surface area contributed by atoms with Crippen LogP contribution >= 0.6 is 11.6 Å². The molecule has 5 fully saturated rings. The van der Waals surface area contributed by atoms with E-state index in [1.165, 1.54) is 4.90 Å². The van der Waals surface area contributed by atoms with E-state index in [-0.39, 0.29) is 48.5 Å². The number of hydrogen-bond acceptors (Lipinski definition) is 10. The predicted octanol–water partition coefficient (Wildman–Crippen LogP) is 4.18. The number of hydrogen-bond donors (Lipinski definition) is 2. The third kappa shape index (κ3) is 7.08. The fourth-order valence-electron chi connectivity index (χ4n) is 9.99. The van der Waals surface area contributed by atoms with Gasteiger partial charge in [0, 0.05) is 111 Å². The summed E-state index contributed by atoms with van der Waals surface area (Å²) in [7, 11) is 0. The second-order valence-electron chi connectivity index (χ2n) is 16.3. The molecular formula is C43H46ClN7O6. The van der Waals surface area contributed by atoms with Gasteiger partial charge in [0.1, 0.15) is 24.0 Å². The van der Waals surface area contributed by atoms with Gasteiger partial charge in [0.15, 0.2) is 6.23 Å². The summed E-state index contributed by atoms with van der Waals surface area (Å²) in [6.07, 6.45) is 3.18. The number of amides is 4. The number of ether oxygens (including phenoxy) is 1. The van der Waals surface area contributed by atoms with Gasteiger partial charge in [0.25, 0.3) is 11.8 Å². The van der Waals surface area contributed by atoms with Crippen molar-refractivity contribution in [2.24, 2.45) is 11.8 Å². The number of aliphatic hydroxyl groups excluding tert-OH is 1. The van der Waals surface area contributed by atoms with Crippen molar-refractivity contribution < 1.29 is 29.0 Å². The van der Waals surface area contributed by atoms with Gasteiger partial charge in [0.05, 0.1) is 10.6 Å². The Kier molecular flexibility index (Phi) is 10.0. The van der Waals surface area contributed by atoms with Crippen molar-refractivity contribution in [2.75, 3.05) is 62.2 Å². The first kappa shape index (κ1) is 37.4. The van der Waals surface area contributed by atoms with Crippen LogP contribution < -0.4 is 19.9 Å². The number of benzene rings is 3. The second kappa shape index (κ2) is 15.3. The first-order valence-electron chi connectivity index (χ1n) is 20.1. The normalized spacial score (nSPS) is 26.7. The standard InChI is InChI=1S/C43H46ClN7O6/c44-36-22-33(9-5-27(36)23-45)57-39-28-1-2-29(39)25-50(24-28)41(54)26-3-6-30(7-4-26)48-17-19-49(20-18-48)31-13-15-47(16-14-31)32-8-10-34-35(21-32)43(56)51(42(34)55)37-11-12-38(52)46-40(37)53/h3-10,21-22,28-29,31,37,39,42,55H,1-2,11-20,24-25H2,(H,46,52,53). The van der Waals surface area contributed by atoms with Crippen LogP contribution in [0.1, 0.15) is 76.6 Å². The van der Waals surface area contributed by atoms with E-state index in [2.05, 4.69) is 38.2 Å². The van der Waals surface area contributed by atoms with Crippen LogP contribution in [0.4, 0.5) is 11.4 Å². The highest BCUT2D eigenvalue weighted by Gasteiger charge is 2.46. The van der Waals surface area contributed by atoms with E-state index in [0.717, 1.165) is 76.3 Å². The Balaban J connectivity index is 0.746. The van der Waals surface area contributed by atoms with Crippen molar-refractivity contribution in [1.82, 2.24) is 20.0 Å². The van der Waals surface area contributed by atoms with Crippen molar-refractivity contribution >= 4 is 46.6 Å². The summed E-state index contributed by atoms with van der Waals surface area (Å²) in [5.41, 5.74) is 4.09. The number of piperidine rings is 3. The van der Waals surface area contributed by atoms with Crippen LogP contribution in [0.5, 0.6) is 5.75 Å². The molecule has 5 aliphatic heterocycles. The molecule has 1 saturated carbocycles. The van der Waals surface area contributed by atoms with Crippen molar-refractivity contribution in [2.45, 2.75) is 62.9 Å². The van der Waals surface area contributed by atoms with Crippen LogP contribution in [0.15, 0.2) is 60.7 Å². The average molecular weight is 792 g/mol. The molecule has 0 radical (unpaired) electrons. The molecule has 57 heavy (non-hydrogen) atoms. The Morgan fingerprint density at radius 2 is 1.51 bits per heavy atom. The number of piperazine rings is 1. The molecule has 9 rings (SSSR count). The zero-order chi connectivity index (χ0) is 39.4. The lowest BCUT2D eigenvalue weighted by Gasteiger charge is -2.44. The smallest absolute Gasteiger partial charge is 0.257 e. The third-order valence-corrected chi connectivity index (χ3v) is 13.4. The number of anilines is 2. The van der Waals surface area contributed by atoms with E-state index in [1.807, 2.05) is 29.2 Å². The molecule has 296 valence electrons. The van der Waals surface area contributed by atoms with Crippen molar-refractivity contribution in [3.05, 3.63) is 87.9 Å². The molecular weight excluding hydrogens is 746 g/mol. The lowest BCUT2D eigenvalue weighted by atomic mass is 9.94. The maximum Gasteiger partial charge on any atom is 0.257 e. The number of imide groups is 1. The zero-order valence-electron chi connectivity index (χ0n) is 31.7. The molecule has 4 amide bonds. The molecule has 2 N–H and O–H groups in total. The van der Waals surface area contributed by atoms with E-state index < -0.39 is 18.2 Å². The quantitative estimate of drug-likeness (QED) is 0.334. The van der Waals surface area contributed by atoms with E-state index in [0.29, 0.717) is 52.2 Å². The number of carbonyl (C=O) groups is 4. The molecule has 13 nitrogen and oxygen atoms in total. The molecule has 3 aromatic carbocycles. The number of halogens is 1. The minimum atomic E-state index is -1.22. The molecule has 14 heteroatoms. The predicted molar refractivity (Wildman–Crippen MR) is 212 cm³/mol. The van der Waals surface area contributed by atoms with Gasteiger partial charge in [-0.15, -0.1) is 0 Å². The molecule has 3 aromatic rings. The number of nitrogens with zero attached hydrogens (tertiary/aromatic N) is 6. The maximum absolute atomic E-state index is 13.7. The molecule has 0 aromatic heterocycles. The van der Waals surface area contributed by atoms with Crippen molar-refractivity contribution in [1.29, 1.82) is 5.26 Å². The summed E-state index contributed by atoms with van der Waals surface area (Å²) in [5.74, 6) is -0.0551. The molecule has 0 spiro atoms. The molecule has 4 saturated heterocycles. The van der Waals surface area contributed by atoms with Crippen LogP contribution in [-0.2, 0) is 9.59 Å². The minimum Gasteiger partial charge on any atom is -0.490 e. The van der Waals surface area contributed by atoms with Gasteiger partial charge in [-0.05, 0) is 80.6 Å². The Morgan fingerprint density at radius 1 is 0.825 bits per heavy atom. The number of nitrogens with one attached hydrogen (secondary N) is 1. The van der Waals surface area contributed by atoms with E-state index in [1.54, 1.807) is 24.3 Å². The van der Waals surface area contributed by atoms with Gasteiger partial charge in [-0.25, -0.2) is 0 Å². The number of fused-ring (bicyclic) bond motifs is 3. The Labute approximate surface area is 336 Å². The highest BCUT2D eigenvalue weighted by atomic mass is 35.5. The van der Waals surface area contributed by atoms with E-state index >= 15 is 0 Å². The van der Waals surface area contributed by atoms with Gasteiger partial charge >= 0.3 is 0 Å². The summed E-state index contributed by atoms with van der Waals surface area (Å²) in [6.45, 7) is 6.77. The summed E-state index contributed by atoms with van der Waals surface area (Å²) in [4.78, 5) is 61.7. The molecule has 1 aliphatic carbocycles. The third-order valence-electron chi connectivity index (χ3n) is 13.1. The largest absolute Gasteiger partial charge is 0.490 e. The molecule has 4 atom stereocenters. The Morgan fingerprint density at radius 3 is 2.18 bits per heavy atom.